The number of pyridine rings is 1. The lowest BCUT2D eigenvalue weighted by atomic mass is 9.72. The minimum atomic E-state index is -0.232. The number of amides is 2. The van der Waals surface area contributed by atoms with Crippen molar-refractivity contribution in [1.82, 2.24) is 20.5 Å². The molecule has 1 aromatic heterocycles. The molecular formula is C18H26Cl2N4O3. The Balaban J connectivity index is 0.00000131. The molecule has 7 nitrogen and oxygen atoms in total. The summed E-state index contributed by atoms with van der Waals surface area (Å²) in [6.45, 7) is 2.34. The van der Waals surface area contributed by atoms with Crippen LogP contribution in [-0.4, -0.2) is 53.4 Å². The fraction of sp³-hybridized carbons (Fsp3) is 0.611. The van der Waals surface area contributed by atoms with Crippen LogP contribution < -0.4 is 16.2 Å². The second-order valence-corrected chi connectivity index (χ2v) is 7.39. The highest BCUT2D eigenvalue weighted by Gasteiger charge is 2.47. The van der Waals surface area contributed by atoms with Crippen LogP contribution in [0.3, 0.4) is 0 Å². The Hall–Kier alpha value is -1.57. The number of carbonyl (C=O) groups is 2. The predicted octanol–water partition coefficient (Wildman–Crippen LogP) is 0.937. The maximum atomic E-state index is 12.6. The number of piperidine rings is 3. The lowest BCUT2D eigenvalue weighted by Crippen LogP contribution is -2.66. The minimum absolute atomic E-state index is 0. The number of aromatic nitrogens is 1. The van der Waals surface area contributed by atoms with E-state index in [1.807, 2.05) is 0 Å². The van der Waals surface area contributed by atoms with Crippen LogP contribution in [0, 0.1) is 11.8 Å². The summed E-state index contributed by atoms with van der Waals surface area (Å²) < 4.78 is 0. The molecule has 3 N–H and O–H groups in total. The van der Waals surface area contributed by atoms with E-state index in [9.17, 15) is 14.4 Å². The van der Waals surface area contributed by atoms with Crippen molar-refractivity contribution in [3.63, 3.8) is 0 Å². The molecule has 4 atom stereocenters. The van der Waals surface area contributed by atoms with E-state index in [2.05, 4.69) is 20.5 Å². The van der Waals surface area contributed by atoms with Crippen molar-refractivity contribution >= 4 is 36.6 Å². The molecule has 0 aliphatic carbocycles. The van der Waals surface area contributed by atoms with Crippen LogP contribution in [0.25, 0.3) is 0 Å². The van der Waals surface area contributed by atoms with Gasteiger partial charge in [0.15, 0.2) is 0 Å². The van der Waals surface area contributed by atoms with Gasteiger partial charge in [0.25, 0.3) is 5.91 Å². The van der Waals surface area contributed by atoms with E-state index >= 15 is 0 Å². The summed E-state index contributed by atoms with van der Waals surface area (Å²) in [5.41, 5.74) is 0.196. The van der Waals surface area contributed by atoms with Gasteiger partial charge < -0.3 is 20.5 Å². The molecule has 27 heavy (non-hydrogen) atoms. The standard InChI is InChI=1S/C18H24N4O3.2ClH/c23-16-5-4-11(9-20-16)18(25)21-10-15-13-6-12(7-19-8-13)14-2-1-3-17(24)22(14)15;;/h4-5,9,12-15,19H,1-3,6-8,10H2,(H,20,23)(H,21,25);2*1H/t12-,13+,14+,15+;;/m1../s1. The number of fused-ring (bicyclic) bond motifs is 4. The van der Waals surface area contributed by atoms with E-state index in [4.69, 9.17) is 0 Å². The summed E-state index contributed by atoms with van der Waals surface area (Å²) in [7, 11) is 0. The number of hydrogen-bond acceptors (Lipinski definition) is 4. The van der Waals surface area contributed by atoms with E-state index in [-0.39, 0.29) is 48.2 Å². The average Bonchev–Trinajstić information content (AvgIpc) is 2.63. The maximum absolute atomic E-state index is 12.6. The Labute approximate surface area is 170 Å². The van der Waals surface area contributed by atoms with Crippen molar-refractivity contribution in [3.05, 3.63) is 34.2 Å². The molecular weight excluding hydrogens is 391 g/mol. The molecule has 2 bridgehead atoms. The van der Waals surface area contributed by atoms with Crippen LogP contribution >= 0.6 is 24.8 Å². The first kappa shape index (κ1) is 21.7. The predicted molar refractivity (Wildman–Crippen MR) is 107 cm³/mol. The Morgan fingerprint density at radius 1 is 1.19 bits per heavy atom. The molecule has 0 aromatic carbocycles. The quantitative estimate of drug-likeness (QED) is 0.683. The molecule has 3 aliphatic heterocycles. The summed E-state index contributed by atoms with van der Waals surface area (Å²) in [6, 6.07) is 3.21. The van der Waals surface area contributed by atoms with E-state index < -0.39 is 0 Å². The molecule has 1 aromatic rings. The first-order valence-corrected chi connectivity index (χ1v) is 9.12. The molecule has 3 saturated heterocycles. The zero-order valence-corrected chi connectivity index (χ0v) is 16.6. The van der Waals surface area contributed by atoms with Gasteiger partial charge in [-0.3, -0.25) is 14.4 Å². The average molecular weight is 417 g/mol. The van der Waals surface area contributed by atoms with Crippen molar-refractivity contribution in [2.24, 2.45) is 11.8 Å². The second kappa shape index (κ2) is 9.08. The van der Waals surface area contributed by atoms with Gasteiger partial charge in [-0.1, -0.05) is 0 Å². The van der Waals surface area contributed by atoms with Gasteiger partial charge in [0.2, 0.25) is 11.5 Å². The highest BCUT2D eigenvalue weighted by molar-refractivity contribution is 5.93. The van der Waals surface area contributed by atoms with Gasteiger partial charge in [-0.15, -0.1) is 24.8 Å². The SMILES string of the molecule is Cl.Cl.O=C(NC[C@H]1[C@@H]2CNC[C@@H](C2)[C@@H]2CCCC(=O)N21)c1ccc(=O)[nH]c1. The molecule has 0 unspecified atom stereocenters. The molecule has 3 aliphatic rings. The van der Waals surface area contributed by atoms with Gasteiger partial charge in [-0.05, 0) is 43.7 Å². The number of nitrogens with one attached hydrogen (secondary N) is 3. The van der Waals surface area contributed by atoms with Gasteiger partial charge in [0, 0.05) is 37.8 Å². The number of carbonyl (C=O) groups excluding carboxylic acids is 2. The summed E-state index contributed by atoms with van der Waals surface area (Å²) in [4.78, 5) is 40.7. The van der Waals surface area contributed by atoms with Crippen LogP contribution in [0.1, 0.15) is 36.0 Å². The Morgan fingerprint density at radius 3 is 2.70 bits per heavy atom. The monoisotopic (exact) mass is 416 g/mol. The van der Waals surface area contributed by atoms with Crippen molar-refractivity contribution in [1.29, 1.82) is 0 Å². The molecule has 2 amide bonds. The van der Waals surface area contributed by atoms with E-state index in [1.54, 1.807) is 0 Å². The topological polar surface area (TPSA) is 94.3 Å². The van der Waals surface area contributed by atoms with Crippen molar-refractivity contribution in [3.8, 4) is 0 Å². The molecule has 3 fully saturated rings. The number of nitrogens with zero attached hydrogens (tertiary/aromatic N) is 1. The molecule has 0 spiro atoms. The third-order valence-corrected chi connectivity index (χ3v) is 5.92. The number of hydrogen-bond donors (Lipinski definition) is 3. The summed E-state index contributed by atoms with van der Waals surface area (Å²) >= 11 is 0. The number of aromatic amines is 1. The zero-order chi connectivity index (χ0) is 17.4. The zero-order valence-electron chi connectivity index (χ0n) is 15.0. The lowest BCUT2D eigenvalue weighted by Gasteiger charge is -2.54. The number of H-pyrrole nitrogens is 1. The Morgan fingerprint density at radius 2 is 1.96 bits per heavy atom. The second-order valence-electron chi connectivity index (χ2n) is 7.39. The normalized spacial score (nSPS) is 29.0. The van der Waals surface area contributed by atoms with E-state index in [0.717, 1.165) is 32.4 Å². The van der Waals surface area contributed by atoms with Crippen molar-refractivity contribution in [2.45, 2.75) is 37.8 Å². The Kier molecular flexibility index (Phi) is 7.31. The largest absolute Gasteiger partial charge is 0.350 e. The van der Waals surface area contributed by atoms with Crippen LogP contribution in [0.5, 0.6) is 0 Å². The molecule has 0 radical (unpaired) electrons. The van der Waals surface area contributed by atoms with Crippen LogP contribution in [0.15, 0.2) is 23.1 Å². The van der Waals surface area contributed by atoms with Gasteiger partial charge >= 0.3 is 0 Å². The number of halogens is 2. The van der Waals surface area contributed by atoms with Gasteiger partial charge in [0.1, 0.15) is 0 Å². The van der Waals surface area contributed by atoms with Crippen LogP contribution in [-0.2, 0) is 4.79 Å². The van der Waals surface area contributed by atoms with E-state index in [0.29, 0.717) is 36.4 Å². The molecule has 9 heteroatoms. The van der Waals surface area contributed by atoms with Crippen LogP contribution in [0.4, 0.5) is 0 Å². The minimum Gasteiger partial charge on any atom is -0.350 e. The molecule has 150 valence electrons. The number of rotatable bonds is 3. The fourth-order valence-corrected chi connectivity index (χ4v) is 4.75. The van der Waals surface area contributed by atoms with Crippen molar-refractivity contribution in [2.75, 3.05) is 19.6 Å². The lowest BCUT2D eigenvalue weighted by molar-refractivity contribution is -0.148. The smallest absolute Gasteiger partial charge is 0.252 e. The molecule has 4 rings (SSSR count). The first-order chi connectivity index (χ1) is 12.1. The Bertz CT molecular complexity index is 721. The van der Waals surface area contributed by atoms with Gasteiger partial charge in [-0.2, -0.15) is 0 Å². The first-order valence-electron chi connectivity index (χ1n) is 9.12. The van der Waals surface area contributed by atoms with E-state index in [1.165, 1.54) is 18.3 Å². The third-order valence-electron chi connectivity index (χ3n) is 5.92. The highest BCUT2D eigenvalue weighted by atomic mass is 35.5. The van der Waals surface area contributed by atoms with Gasteiger partial charge in [0.05, 0.1) is 11.6 Å². The molecule has 0 saturated carbocycles. The fourth-order valence-electron chi connectivity index (χ4n) is 4.75. The maximum Gasteiger partial charge on any atom is 0.252 e. The summed E-state index contributed by atoms with van der Waals surface area (Å²) in [6.07, 6.45) is 5.20. The molecule has 4 heterocycles. The third kappa shape index (κ3) is 4.31. The van der Waals surface area contributed by atoms with Gasteiger partial charge in [-0.25, -0.2) is 0 Å². The highest BCUT2D eigenvalue weighted by Crippen LogP contribution is 2.39. The summed E-state index contributed by atoms with van der Waals surface area (Å²) in [5, 5.41) is 6.46. The van der Waals surface area contributed by atoms with Crippen molar-refractivity contribution < 1.29 is 9.59 Å². The summed E-state index contributed by atoms with van der Waals surface area (Å²) in [5.74, 6) is 0.932. The van der Waals surface area contributed by atoms with Crippen LogP contribution in [0.2, 0.25) is 0 Å².